The molecule has 0 aliphatic heterocycles. The van der Waals surface area contributed by atoms with Gasteiger partial charge in [-0.05, 0) is 36.3 Å². The van der Waals surface area contributed by atoms with Crippen LogP contribution in [0.4, 0.5) is 4.39 Å². The van der Waals surface area contributed by atoms with Gasteiger partial charge in [0.15, 0.2) is 0 Å². The van der Waals surface area contributed by atoms with Crippen LogP contribution >= 0.6 is 0 Å². The lowest BCUT2D eigenvalue weighted by atomic mass is 10.1. The number of hydrogen-bond acceptors (Lipinski definition) is 2. The van der Waals surface area contributed by atoms with E-state index in [1.165, 1.54) is 18.4 Å². The minimum Gasteiger partial charge on any atom is -0.465 e. The number of halogens is 1. The topological polar surface area (TPSA) is 42.2 Å². The number of furan rings is 1. The molecule has 0 saturated heterocycles. The first-order chi connectivity index (χ1) is 9.25. The molecule has 0 fully saturated rings. The van der Waals surface area contributed by atoms with Crippen molar-refractivity contribution in [3.8, 4) is 0 Å². The van der Waals surface area contributed by atoms with Crippen LogP contribution in [0.3, 0.4) is 0 Å². The van der Waals surface area contributed by atoms with Gasteiger partial charge in [-0.25, -0.2) is 4.39 Å². The molecular formula is C15H14FNO2. The van der Waals surface area contributed by atoms with Gasteiger partial charge in [-0.1, -0.05) is 18.2 Å². The van der Waals surface area contributed by atoms with E-state index in [-0.39, 0.29) is 11.7 Å². The summed E-state index contributed by atoms with van der Waals surface area (Å²) in [4.78, 5) is 11.5. The summed E-state index contributed by atoms with van der Waals surface area (Å²) in [7, 11) is 0. The first-order valence-electron chi connectivity index (χ1n) is 5.98. The molecular weight excluding hydrogens is 245 g/mol. The van der Waals surface area contributed by atoms with Crippen LogP contribution in [-0.4, -0.2) is 12.5 Å². The molecule has 1 N–H and O–H groups in total. The number of benzene rings is 1. The molecule has 0 spiro atoms. The van der Waals surface area contributed by atoms with Crippen LogP contribution < -0.4 is 5.32 Å². The summed E-state index contributed by atoms with van der Waals surface area (Å²) in [5, 5.41) is 2.69. The minimum absolute atomic E-state index is 0.229. The summed E-state index contributed by atoms with van der Waals surface area (Å²) >= 11 is 0. The van der Waals surface area contributed by atoms with E-state index in [0.717, 1.165) is 0 Å². The zero-order valence-electron chi connectivity index (χ0n) is 10.3. The SMILES string of the molecule is O=C(/C=C/c1ccco1)NCCc1ccccc1F. The van der Waals surface area contributed by atoms with Gasteiger partial charge in [0.25, 0.3) is 0 Å². The highest BCUT2D eigenvalue weighted by atomic mass is 19.1. The zero-order valence-corrected chi connectivity index (χ0v) is 10.3. The molecule has 0 radical (unpaired) electrons. The standard InChI is InChI=1S/C15H14FNO2/c16-14-6-2-1-4-12(14)9-10-17-15(18)8-7-13-5-3-11-19-13/h1-8,11H,9-10H2,(H,17,18)/b8-7+. The highest BCUT2D eigenvalue weighted by molar-refractivity contribution is 5.91. The van der Waals surface area contributed by atoms with Gasteiger partial charge in [0, 0.05) is 12.6 Å². The number of carbonyl (C=O) groups excluding carboxylic acids is 1. The molecule has 1 amide bonds. The number of hydrogen-bond donors (Lipinski definition) is 1. The summed E-state index contributed by atoms with van der Waals surface area (Å²) < 4.78 is 18.4. The zero-order chi connectivity index (χ0) is 13.5. The molecule has 1 heterocycles. The Morgan fingerprint density at radius 3 is 2.84 bits per heavy atom. The monoisotopic (exact) mass is 259 g/mol. The fourth-order valence-corrected chi connectivity index (χ4v) is 1.62. The molecule has 0 saturated carbocycles. The number of nitrogens with one attached hydrogen (secondary N) is 1. The average Bonchev–Trinajstić information content (AvgIpc) is 2.92. The van der Waals surface area contributed by atoms with E-state index in [9.17, 15) is 9.18 Å². The number of carbonyl (C=O) groups is 1. The molecule has 0 bridgehead atoms. The third kappa shape index (κ3) is 4.10. The highest BCUT2D eigenvalue weighted by Crippen LogP contribution is 2.06. The van der Waals surface area contributed by atoms with Gasteiger partial charge in [0.1, 0.15) is 11.6 Å². The summed E-state index contributed by atoms with van der Waals surface area (Å²) in [6.07, 6.45) is 4.97. The Labute approximate surface area is 110 Å². The largest absolute Gasteiger partial charge is 0.465 e. The second-order valence-electron chi connectivity index (χ2n) is 3.98. The van der Waals surface area contributed by atoms with E-state index in [4.69, 9.17) is 4.42 Å². The van der Waals surface area contributed by atoms with Crippen molar-refractivity contribution in [3.63, 3.8) is 0 Å². The molecule has 98 valence electrons. The molecule has 0 aliphatic carbocycles. The summed E-state index contributed by atoms with van der Waals surface area (Å²) in [6.45, 7) is 0.391. The predicted octanol–water partition coefficient (Wildman–Crippen LogP) is 2.79. The lowest BCUT2D eigenvalue weighted by Gasteiger charge is -2.03. The molecule has 0 atom stereocenters. The Hall–Kier alpha value is -2.36. The maximum Gasteiger partial charge on any atom is 0.244 e. The van der Waals surface area contributed by atoms with E-state index in [1.807, 2.05) is 0 Å². The predicted molar refractivity (Wildman–Crippen MR) is 70.9 cm³/mol. The number of rotatable bonds is 5. The maximum atomic E-state index is 13.3. The molecule has 2 rings (SSSR count). The molecule has 4 heteroatoms. The Morgan fingerprint density at radius 1 is 1.26 bits per heavy atom. The molecule has 1 aromatic carbocycles. The second kappa shape index (κ2) is 6.54. The van der Waals surface area contributed by atoms with Gasteiger partial charge >= 0.3 is 0 Å². The van der Waals surface area contributed by atoms with Crippen LogP contribution in [0.2, 0.25) is 0 Å². The van der Waals surface area contributed by atoms with E-state index >= 15 is 0 Å². The molecule has 1 aromatic heterocycles. The van der Waals surface area contributed by atoms with Crippen LogP contribution in [0.5, 0.6) is 0 Å². The quantitative estimate of drug-likeness (QED) is 0.839. The van der Waals surface area contributed by atoms with Crippen molar-refractivity contribution in [3.05, 3.63) is 65.9 Å². The van der Waals surface area contributed by atoms with Crippen molar-refractivity contribution in [2.24, 2.45) is 0 Å². The van der Waals surface area contributed by atoms with Gasteiger partial charge in [-0.3, -0.25) is 4.79 Å². The third-order valence-corrected chi connectivity index (χ3v) is 2.59. The van der Waals surface area contributed by atoms with Crippen LogP contribution in [0.15, 0.2) is 53.2 Å². The summed E-state index contributed by atoms with van der Waals surface area (Å²) in [5.41, 5.74) is 0.595. The lowest BCUT2D eigenvalue weighted by Crippen LogP contribution is -2.23. The van der Waals surface area contributed by atoms with Gasteiger partial charge in [0.2, 0.25) is 5.91 Å². The third-order valence-electron chi connectivity index (χ3n) is 2.59. The van der Waals surface area contributed by atoms with Crippen LogP contribution in [0.1, 0.15) is 11.3 Å². The Kier molecular flexibility index (Phi) is 4.50. The first-order valence-corrected chi connectivity index (χ1v) is 5.98. The van der Waals surface area contributed by atoms with Crippen molar-refractivity contribution < 1.29 is 13.6 Å². The molecule has 3 nitrogen and oxygen atoms in total. The Morgan fingerprint density at radius 2 is 2.11 bits per heavy atom. The van der Waals surface area contributed by atoms with Crippen LogP contribution in [0, 0.1) is 5.82 Å². The van der Waals surface area contributed by atoms with E-state index in [2.05, 4.69) is 5.32 Å². The minimum atomic E-state index is -0.247. The van der Waals surface area contributed by atoms with Crippen molar-refractivity contribution in [2.45, 2.75) is 6.42 Å². The van der Waals surface area contributed by atoms with Gasteiger partial charge in [-0.15, -0.1) is 0 Å². The Balaban J connectivity index is 1.77. The first kappa shape index (κ1) is 13.1. The van der Waals surface area contributed by atoms with E-state index < -0.39 is 0 Å². The van der Waals surface area contributed by atoms with Crippen molar-refractivity contribution in [1.29, 1.82) is 0 Å². The average molecular weight is 259 g/mol. The van der Waals surface area contributed by atoms with Gasteiger partial charge < -0.3 is 9.73 Å². The lowest BCUT2D eigenvalue weighted by molar-refractivity contribution is -0.116. The molecule has 19 heavy (non-hydrogen) atoms. The fraction of sp³-hybridized carbons (Fsp3) is 0.133. The van der Waals surface area contributed by atoms with Gasteiger partial charge in [-0.2, -0.15) is 0 Å². The summed E-state index contributed by atoms with van der Waals surface area (Å²) in [6, 6.07) is 10.0. The summed E-state index contributed by atoms with van der Waals surface area (Å²) in [5.74, 6) is 0.139. The van der Waals surface area contributed by atoms with Crippen molar-refractivity contribution in [2.75, 3.05) is 6.54 Å². The smallest absolute Gasteiger partial charge is 0.244 e. The maximum absolute atomic E-state index is 13.3. The van der Waals surface area contributed by atoms with Crippen LogP contribution in [0.25, 0.3) is 6.08 Å². The van der Waals surface area contributed by atoms with Gasteiger partial charge in [0.05, 0.1) is 6.26 Å². The molecule has 0 unspecified atom stereocenters. The highest BCUT2D eigenvalue weighted by Gasteiger charge is 2.01. The fourth-order valence-electron chi connectivity index (χ4n) is 1.62. The normalized spacial score (nSPS) is 10.8. The van der Waals surface area contributed by atoms with Crippen molar-refractivity contribution >= 4 is 12.0 Å². The van der Waals surface area contributed by atoms with E-state index in [1.54, 1.807) is 36.4 Å². The Bertz CT molecular complexity index is 561. The van der Waals surface area contributed by atoms with Crippen molar-refractivity contribution in [1.82, 2.24) is 5.32 Å². The van der Waals surface area contributed by atoms with E-state index in [0.29, 0.717) is 24.3 Å². The molecule has 2 aromatic rings. The van der Waals surface area contributed by atoms with Crippen LogP contribution in [-0.2, 0) is 11.2 Å². The molecule has 0 aliphatic rings. The second-order valence-corrected chi connectivity index (χ2v) is 3.98. The number of amides is 1.